The summed E-state index contributed by atoms with van der Waals surface area (Å²) in [7, 11) is 4.61. The Hall–Kier alpha value is -4.22. The number of aldehydes is 1. The van der Waals surface area contributed by atoms with Crippen molar-refractivity contribution in [2.75, 3.05) is 48.5 Å². The summed E-state index contributed by atoms with van der Waals surface area (Å²) >= 11 is 0. The van der Waals surface area contributed by atoms with Crippen molar-refractivity contribution >= 4 is 39.9 Å². The van der Waals surface area contributed by atoms with E-state index in [0.29, 0.717) is 24.3 Å². The molecule has 16 heteroatoms. The molecule has 15 nitrogen and oxygen atoms in total. The maximum atomic E-state index is 13.9. The molecule has 0 radical (unpaired) electrons. The van der Waals surface area contributed by atoms with Crippen LogP contribution in [0.15, 0.2) is 65.6 Å². The summed E-state index contributed by atoms with van der Waals surface area (Å²) in [5.74, 6) is -1.57. The average Bonchev–Trinajstić information content (AvgIpc) is 3.76. The maximum Gasteiger partial charge on any atom is 0.242 e. The largest absolute Gasteiger partial charge is 0.379 e. The molecule has 0 bridgehead atoms. The molecular weight excluding hydrogens is 813 g/mol. The zero-order valence-electron chi connectivity index (χ0n) is 39.2. The third-order valence-corrected chi connectivity index (χ3v) is 12.5. The van der Waals surface area contributed by atoms with E-state index in [9.17, 15) is 32.4 Å². The molecule has 2 aromatic carbocycles. The van der Waals surface area contributed by atoms with Gasteiger partial charge in [-0.1, -0.05) is 110 Å². The molecule has 62 heavy (non-hydrogen) atoms. The van der Waals surface area contributed by atoms with E-state index in [1.54, 1.807) is 61.2 Å². The highest BCUT2D eigenvalue weighted by Crippen LogP contribution is 2.29. The van der Waals surface area contributed by atoms with Gasteiger partial charge in [0, 0.05) is 27.8 Å². The van der Waals surface area contributed by atoms with Crippen LogP contribution in [0, 0.1) is 17.8 Å². The number of methoxy groups -OCH3 is 2. The van der Waals surface area contributed by atoms with Gasteiger partial charge in [-0.25, -0.2) is 13.1 Å². The molecule has 4 amide bonds. The number of hydrogen-bond acceptors (Lipinski definition) is 10. The Balaban J connectivity index is 0.00000116. The summed E-state index contributed by atoms with van der Waals surface area (Å²) in [6.07, 6.45) is 3.36. The summed E-state index contributed by atoms with van der Waals surface area (Å²) in [6, 6.07) is 15.8. The molecule has 8 unspecified atom stereocenters. The van der Waals surface area contributed by atoms with Crippen molar-refractivity contribution in [2.24, 2.45) is 17.8 Å². The number of carbonyl (C=O) groups is 5. The van der Waals surface area contributed by atoms with E-state index in [4.69, 9.17) is 9.47 Å². The minimum Gasteiger partial charge on any atom is -0.379 e. The minimum absolute atomic E-state index is 0.000379. The standard InChI is InChI=1S/C36H59N5O7.C7H9NO2S.C3H8/c1-10-24(4)33(40(7)31(44)21-38-36(46)32(37-6)23(2)3)29(47-8)20-30(43)41-18-14-17-28(41)34(48-9)25(5)35(45)39-27(22-42)19-26-15-12-11-13-16-26;1-8-11(9,10)7-5-3-2-4-6-7;1-3-2/h11-13,15-16,22-25,27-29,32-34,37H,10,14,17-21H2,1-9H3,(H,38,46)(H,39,45);2-6,8H,1H3;3H2,1-2H3. The van der Waals surface area contributed by atoms with Crippen molar-refractivity contribution in [3.63, 3.8) is 0 Å². The molecule has 8 atom stereocenters. The topological polar surface area (TPSA) is 193 Å². The summed E-state index contributed by atoms with van der Waals surface area (Å²) in [6.45, 7) is 14.2. The third kappa shape index (κ3) is 17.5. The van der Waals surface area contributed by atoms with Crippen molar-refractivity contribution < 1.29 is 41.9 Å². The van der Waals surface area contributed by atoms with E-state index in [2.05, 4.69) is 34.5 Å². The molecule has 1 aliphatic heterocycles. The molecule has 1 fully saturated rings. The molecule has 1 heterocycles. The fourth-order valence-corrected chi connectivity index (χ4v) is 8.27. The molecule has 0 aromatic heterocycles. The lowest BCUT2D eigenvalue weighted by atomic mass is 9.90. The summed E-state index contributed by atoms with van der Waals surface area (Å²) < 4.78 is 36.2. The molecule has 3 rings (SSSR count). The van der Waals surface area contributed by atoms with Gasteiger partial charge in [-0.05, 0) is 62.9 Å². The fourth-order valence-electron chi connectivity index (χ4n) is 7.52. The number of ether oxygens (including phenoxy) is 2. The second kappa shape index (κ2) is 29.2. The number of likely N-dealkylation sites (tertiary alicyclic amines) is 1. The van der Waals surface area contributed by atoms with Gasteiger partial charge in [0.25, 0.3) is 0 Å². The summed E-state index contributed by atoms with van der Waals surface area (Å²) in [5.41, 5.74) is 0.937. The number of hydrogen-bond donors (Lipinski definition) is 4. The minimum atomic E-state index is -3.25. The predicted octanol–water partition coefficient (Wildman–Crippen LogP) is 4.20. The van der Waals surface area contributed by atoms with Crippen molar-refractivity contribution in [1.29, 1.82) is 0 Å². The molecule has 1 saturated heterocycles. The number of likely N-dealkylation sites (N-methyl/N-ethyl adjacent to an activating group) is 2. The van der Waals surface area contributed by atoms with Gasteiger partial charge in [-0.15, -0.1) is 0 Å². The van der Waals surface area contributed by atoms with Crippen molar-refractivity contribution in [3.05, 3.63) is 66.2 Å². The third-order valence-electron chi connectivity index (χ3n) is 11.1. The molecule has 0 saturated carbocycles. The Morgan fingerprint density at radius 2 is 1.48 bits per heavy atom. The highest BCUT2D eigenvalue weighted by Gasteiger charge is 2.42. The summed E-state index contributed by atoms with van der Waals surface area (Å²) in [4.78, 5) is 68.7. The lowest BCUT2D eigenvalue weighted by Gasteiger charge is -2.39. The van der Waals surface area contributed by atoms with Gasteiger partial charge in [0.2, 0.25) is 33.7 Å². The summed E-state index contributed by atoms with van der Waals surface area (Å²) in [5, 5.41) is 8.58. The van der Waals surface area contributed by atoms with Gasteiger partial charge in [0.15, 0.2) is 0 Å². The molecule has 4 N–H and O–H groups in total. The molecule has 2 aromatic rings. The van der Waals surface area contributed by atoms with Crippen molar-refractivity contribution in [1.82, 2.24) is 30.5 Å². The van der Waals surface area contributed by atoms with Crippen LogP contribution >= 0.6 is 0 Å². The van der Waals surface area contributed by atoms with E-state index in [1.807, 2.05) is 58.0 Å². The normalized spacial score (nSPS) is 17.0. The van der Waals surface area contributed by atoms with Crippen LogP contribution in [0.2, 0.25) is 0 Å². The number of nitrogens with zero attached hydrogens (tertiary/aromatic N) is 2. The number of nitrogens with one attached hydrogen (secondary N) is 4. The SMILES string of the molecule is CCC.CCC(C)C(C(CC(=O)N1CCCC1C(OC)C(C)C(=O)NC(C=O)Cc1ccccc1)OC)N(C)C(=O)CNC(=O)C(NC)C(C)C.CNS(=O)(=O)c1ccccc1. The van der Waals surface area contributed by atoms with Crippen LogP contribution < -0.4 is 20.7 Å². The zero-order valence-corrected chi connectivity index (χ0v) is 40.0. The van der Waals surface area contributed by atoms with Gasteiger partial charge in [0.1, 0.15) is 6.29 Å². The fraction of sp³-hybridized carbons (Fsp3) is 0.630. The van der Waals surface area contributed by atoms with Gasteiger partial charge < -0.3 is 40.0 Å². The van der Waals surface area contributed by atoms with Gasteiger partial charge >= 0.3 is 0 Å². The molecular formula is C46H76N6O9S. The molecule has 0 spiro atoms. The van der Waals surface area contributed by atoms with E-state index in [-0.39, 0.29) is 54.5 Å². The van der Waals surface area contributed by atoms with Crippen LogP contribution in [-0.4, -0.2) is 133 Å². The van der Waals surface area contributed by atoms with Crippen LogP contribution in [-0.2, 0) is 49.9 Å². The first-order chi connectivity index (χ1) is 29.4. The highest BCUT2D eigenvalue weighted by molar-refractivity contribution is 7.89. The van der Waals surface area contributed by atoms with Crippen molar-refractivity contribution in [3.8, 4) is 0 Å². The van der Waals surface area contributed by atoms with Crippen LogP contribution in [0.3, 0.4) is 0 Å². The first-order valence-corrected chi connectivity index (χ1v) is 23.2. The number of benzene rings is 2. The molecule has 1 aliphatic rings. The van der Waals surface area contributed by atoms with E-state index in [1.165, 1.54) is 27.7 Å². The van der Waals surface area contributed by atoms with Gasteiger partial charge in [-0.3, -0.25) is 19.2 Å². The Morgan fingerprint density at radius 1 is 0.903 bits per heavy atom. The molecule has 350 valence electrons. The zero-order chi connectivity index (χ0) is 47.0. The number of rotatable bonds is 22. The van der Waals surface area contributed by atoms with E-state index >= 15 is 0 Å². The van der Waals surface area contributed by atoms with Crippen LogP contribution in [0.4, 0.5) is 0 Å². The number of sulfonamides is 1. The van der Waals surface area contributed by atoms with Gasteiger partial charge in [-0.2, -0.15) is 0 Å². The van der Waals surface area contributed by atoms with Crippen LogP contribution in [0.1, 0.15) is 86.1 Å². The first kappa shape index (κ1) is 55.8. The quantitative estimate of drug-likeness (QED) is 0.125. The predicted molar refractivity (Wildman–Crippen MR) is 244 cm³/mol. The van der Waals surface area contributed by atoms with E-state index in [0.717, 1.165) is 24.7 Å². The lowest BCUT2D eigenvalue weighted by molar-refractivity contribution is -0.146. The second-order valence-corrected chi connectivity index (χ2v) is 17.9. The Labute approximate surface area is 371 Å². The second-order valence-electron chi connectivity index (χ2n) is 16.0. The van der Waals surface area contributed by atoms with Crippen molar-refractivity contribution in [2.45, 2.75) is 128 Å². The monoisotopic (exact) mass is 889 g/mol. The lowest BCUT2D eigenvalue weighted by Crippen LogP contribution is -2.55. The Kier molecular flexibility index (Phi) is 26.3. The smallest absolute Gasteiger partial charge is 0.242 e. The molecule has 0 aliphatic carbocycles. The van der Waals surface area contributed by atoms with Crippen LogP contribution in [0.25, 0.3) is 0 Å². The number of amides is 4. The van der Waals surface area contributed by atoms with Gasteiger partial charge in [0.05, 0.1) is 60.2 Å². The van der Waals surface area contributed by atoms with E-state index < -0.39 is 46.3 Å². The average molecular weight is 889 g/mol. The Morgan fingerprint density at radius 3 is 1.97 bits per heavy atom. The number of carbonyl (C=O) groups excluding carboxylic acids is 5. The first-order valence-electron chi connectivity index (χ1n) is 21.8. The highest BCUT2D eigenvalue weighted by atomic mass is 32.2. The maximum absolute atomic E-state index is 13.9. The Bertz CT molecular complexity index is 1730. The van der Waals surface area contributed by atoms with Crippen LogP contribution in [0.5, 0.6) is 0 Å².